The van der Waals surface area contributed by atoms with Gasteiger partial charge in [-0.3, -0.25) is 4.90 Å². The second-order valence-electron chi connectivity index (χ2n) is 11.8. The fourth-order valence-electron chi connectivity index (χ4n) is 5.22. The Morgan fingerprint density at radius 2 is 1.05 bits per heavy atom. The SMILES string of the molecule is CCCCC/C=C\C/C=C\CCCCCCCCOC(CN1CCC(O)CC1)OCCCCCCCCCC. The zero-order valence-corrected chi connectivity index (χ0v) is 26.3. The molecule has 0 aromatic heterocycles. The highest BCUT2D eigenvalue weighted by Crippen LogP contribution is 2.14. The zero-order chi connectivity index (χ0) is 28.1. The minimum absolute atomic E-state index is 0.122. The number of allylic oxidation sites excluding steroid dienone is 4. The minimum Gasteiger partial charge on any atom is -0.393 e. The third-order valence-corrected chi connectivity index (χ3v) is 7.91. The molecule has 1 heterocycles. The number of unbranched alkanes of at least 4 members (excludes halogenated alkanes) is 16. The van der Waals surface area contributed by atoms with Crippen LogP contribution in [0.5, 0.6) is 0 Å². The molecule has 0 saturated carbocycles. The summed E-state index contributed by atoms with van der Waals surface area (Å²) in [4.78, 5) is 2.41. The van der Waals surface area contributed by atoms with Crippen LogP contribution in [0.2, 0.25) is 0 Å². The summed E-state index contributed by atoms with van der Waals surface area (Å²) in [6.07, 6.45) is 36.6. The van der Waals surface area contributed by atoms with E-state index in [9.17, 15) is 5.11 Å². The fraction of sp³-hybridized carbons (Fsp3) is 0.886. The van der Waals surface area contributed by atoms with Crippen LogP contribution in [0.3, 0.4) is 0 Å². The van der Waals surface area contributed by atoms with Gasteiger partial charge in [-0.1, -0.05) is 122 Å². The predicted molar refractivity (Wildman–Crippen MR) is 169 cm³/mol. The van der Waals surface area contributed by atoms with E-state index in [1.165, 1.54) is 109 Å². The van der Waals surface area contributed by atoms with Crippen LogP contribution in [0.1, 0.15) is 155 Å². The second-order valence-corrected chi connectivity index (χ2v) is 11.8. The summed E-state index contributed by atoms with van der Waals surface area (Å²) in [6, 6.07) is 0. The molecule has 0 bridgehead atoms. The van der Waals surface area contributed by atoms with Crippen LogP contribution in [0, 0.1) is 0 Å². The molecule has 0 aromatic rings. The van der Waals surface area contributed by atoms with E-state index in [1.807, 2.05) is 0 Å². The lowest BCUT2D eigenvalue weighted by Crippen LogP contribution is -2.42. The van der Waals surface area contributed by atoms with E-state index in [-0.39, 0.29) is 12.4 Å². The Morgan fingerprint density at radius 3 is 1.59 bits per heavy atom. The van der Waals surface area contributed by atoms with Crippen LogP contribution in [0.25, 0.3) is 0 Å². The average molecular weight is 550 g/mol. The van der Waals surface area contributed by atoms with Crippen molar-refractivity contribution in [2.75, 3.05) is 32.8 Å². The number of aliphatic hydroxyl groups excluding tert-OH is 1. The Morgan fingerprint density at radius 1 is 0.615 bits per heavy atom. The summed E-state index contributed by atoms with van der Waals surface area (Å²) < 4.78 is 12.4. The van der Waals surface area contributed by atoms with E-state index in [1.54, 1.807) is 0 Å². The predicted octanol–water partition coefficient (Wildman–Crippen LogP) is 9.76. The van der Waals surface area contributed by atoms with Gasteiger partial charge in [-0.15, -0.1) is 0 Å². The Labute approximate surface area is 244 Å². The van der Waals surface area contributed by atoms with Gasteiger partial charge < -0.3 is 14.6 Å². The lowest BCUT2D eigenvalue weighted by atomic mass is 10.1. The lowest BCUT2D eigenvalue weighted by Gasteiger charge is -2.32. The zero-order valence-electron chi connectivity index (χ0n) is 26.3. The highest BCUT2D eigenvalue weighted by atomic mass is 16.7. The molecule has 4 heteroatoms. The maximum Gasteiger partial charge on any atom is 0.170 e. The molecule has 0 amide bonds. The van der Waals surface area contributed by atoms with Gasteiger partial charge in [0.2, 0.25) is 0 Å². The molecule has 230 valence electrons. The van der Waals surface area contributed by atoms with E-state index in [4.69, 9.17) is 9.47 Å². The monoisotopic (exact) mass is 550 g/mol. The standard InChI is InChI=1S/C35H67NO3/c1-3-5-7-9-11-13-14-15-16-17-18-19-20-22-24-26-32-39-35(33-36-29-27-34(37)28-30-36)38-31-25-23-21-12-10-8-6-4-2/h11,13,15-16,34-35,37H,3-10,12,14,17-33H2,1-2H3/b13-11-,16-15-. The summed E-state index contributed by atoms with van der Waals surface area (Å²) >= 11 is 0. The first-order chi connectivity index (χ1) is 19.3. The largest absolute Gasteiger partial charge is 0.393 e. The van der Waals surface area contributed by atoms with E-state index < -0.39 is 0 Å². The van der Waals surface area contributed by atoms with Crippen molar-refractivity contribution in [1.29, 1.82) is 0 Å². The summed E-state index contributed by atoms with van der Waals surface area (Å²) in [5, 5.41) is 9.82. The number of likely N-dealkylation sites (tertiary alicyclic amines) is 1. The first-order valence-corrected chi connectivity index (χ1v) is 17.2. The highest BCUT2D eigenvalue weighted by Gasteiger charge is 2.21. The molecule has 0 spiro atoms. The molecule has 1 fully saturated rings. The molecular weight excluding hydrogens is 482 g/mol. The third kappa shape index (κ3) is 24.8. The van der Waals surface area contributed by atoms with Crippen molar-refractivity contribution < 1.29 is 14.6 Å². The maximum atomic E-state index is 9.82. The van der Waals surface area contributed by atoms with Crippen molar-refractivity contribution >= 4 is 0 Å². The fourth-order valence-corrected chi connectivity index (χ4v) is 5.22. The molecule has 1 N–H and O–H groups in total. The van der Waals surface area contributed by atoms with Gasteiger partial charge in [-0.25, -0.2) is 0 Å². The molecule has 0 aliphatic carbocycles. The number of piperidine rings is 1. The highest BCUT2D eigenvalue weighted by molar-refractivity contribution is 4.92. The van der Waals surface area contributed by atoms with Crippen molar-refractivity contribution in [3.05, 3.63) is 24.3 Å². The smallest absolute Gasteiger partial charge is 0.170 e. The summed E-state index contributed by atoms with van der Waals surface area (Å²) in [5.74, 6) is 0. The number of ether oxygens (including phenoxy) is 2. The minimum atomic E-state index is -0.128. The van der Waals surface area contributed by atoms with Gasteiger partial charge >= 0.3 is 0 Å². The molecule has 4 nitrogen and oxygen atoms in total. The molecule has 0 radical (unpaired) electrons. The normalized spacial score (nSPS) is 16.2. The van der Waals surface area contributed by atoms with E-state index in [0.717, 1.165) is 65.0 Å². The van der Waals surface area contributed by atoms with Gasteiger partial charge in [-0.2, -0.15) is 0 Å². The van der Waals surface area contributed by atoms with Gasteiger partial charge in [0.1, 0.15) is 0 Å². The molecule has 39 heavy (non-hydrogen) atoms. The van der Waals surface area contributed by atoms with Gasteiger partial charge in [0, 0.05) is 32.8 Å². The van der Waals surface area contributed by atoms with Gasteiger partial charge in [-0.05, 0) is 57.8 Å². The topological polar surface area (TPSA) is 41.9 Å². The summed E-state index contributed by atoms with van der Waals surface area (Å²) in [7, 11) is 0. The van der Waals surface area contributed by atoms with Crippen molar-refractivity contribution in [3.63, 3.8) is 0 Å². The maximum absolute atomic E-state index is 9.82. The van der Waals surface area contributed by atoms with Gasteiger partial charge in [0.25, 0.3) is 0 Å². The van der Waals surface area contributed by atoms with Crippen molar-refractivity contribution in [2.24, 2.45) is 0 Å². The summed E-state index contributed by atoms with van der Waals surface area (Å²) in [6.45, 7) is 8.88. The van der Waals surface area contributed by atoms with Crippen molar-refractivity contribution in [2.45, 2.75) is 167 Å². The Kier molecular flexibility index (Phi) is 26.9. The molecule has 1 atom stereocenters. The lowest BCUT2D eigenvalue weighted by molar-refractivity contribution is -0.157. The molecule has 1 unspecified atom stereocenters. The molecule has 1 rings (SSSR count). The number of rotatable bonds is 28. The average Bonchev–Trinajstić information content (AvgIpc) is 2.94. The molecule has 1 aliphatic rings. The van der Waals surface area contributed by atoms with Crippen molar-refractivity contribution in [1.82, 2.24) is 4.90 Å². The van der Waals surface area contributed by atoms with Crippen LogP contribution in [0.4, 0.5) is 0 Å². The van der Waals surface area contributed by atoms with Crippen molar-refractivity contribution in [3.8, 4) is 0 Å². The third-order valence-electron chi connectivity index (χ3n) is 7.91. The quantitative estimate of drug-likeness (QED) is 0.0599. The number of aliphatic hydroxyl groups is 1. The first kappa shape index (κ1) is 36.3. The van der Waals surface area contributed by atoms with E-state index >= 15 is 0 Å². The van der Waals surface area contributed by atoms with E-state index in [0.29, 0.717) is 0 Å². The Balaban J connectivity index is 2.06. The summed E-state index contributed by atoms with van der Waals surface area (Å²) in [5.41, 5.74) is 0. The van der Waals surface area contributed by atoms with E-state index in [2.05, 4.69) is 43.1 Å². The molecule has 1 aliphatic heterocycles. The molecule has 0 aromatic carbocycles. The van der Waals surface area contributed by atoms with Crippen LogP contribution >= 0.6 is 0 Å². The molecular formula is C35H67NO3. The Hall–Kier alpha value is -0.680. The number of hydrogen-bond donors (Lipinski definition) is 1. The molecule has 1 saturated heterocycles. The van der Waals surface area contributed by atoms with Crippen LogP contribution in [0.15, 0.2) is 24.3 Å². The Bertz CT molecular complexity index is 542. The van der Waals surface area contributed by atoms with Gasteiger partial charge in [0.05, 0.1) is 6.10 Å². The first-order valence-electron chi connectivity index (χ1n) is 17.2. The van der Waals surface area contributed by atoms with Crippen LogP contribution in [-0.4, -0.2) is 55.2 Å². The van der Waals surface area contributed by atoms with Crippen LogP contribution < -0.4 is 0 Å². The number of nitrogens with zero attached hydrogens (tertiary/aromatic N) is 1. The van der Waals surface area contributed by atoms with Gasteiger partial charge in [0.15, 0.2) is 6.29 Å². The van der Waals surface area contributed by atoms with Crippen LogP contribution in [-0.2, 0) is 9.47 Å². The number of hydrogen-bond acceptors (Lipinski definition) is 4. The second kappa shape index (κ2) is 28.8.